The molecule has 0 saturated carbocycles. The van der Waals surface area contributed by atoms with Crippen LogP contribution in [0.25, 0.3) is 5.65 Å². The van der Waals surface area contributed by atoms with E-state index in [0.29, 0.717) is 5.69 Å². The number of pyridine rings is 1. The number of fused-ring (bicyclic) bond motifs is 1. The summed E-state index contributed by atoms with van der Waals surface area (Å²) in [5, 5.41) is 9.96. The van der Waals surface area contributed by atoms with Crippen molar-refractivity contribution in [1.82, 2.24) is 14.6 Å². The monoisotopic (exact) mass is 442 g/mol. The highest BCUT2D eigenvalue weighted by molar-refractivity contribution is 8.00. The van der Waals surface area contributed by atoms with E-state index >= 15 is 0 Å². The van der Waals surface area contributed by atoms with Gasteiger partial charge in [0.05, 0.1) is 15.8 Å². The van der Waals surface area contributed by atoms with Gasteiger partial charge in [-0.1, -0.05) is 55.4 Å². The molecule has 1 N–H and O–H groups in total. The van der Waals surface area contributed by atoms with E-state index in [1.165, 1.54) is 0 Å². The van der Waals surface area contributed by atoms with E-state index in [4.69, 9.17) is 11.6 Å². The highest BCUT2D eigenvalue weighted by Gasteiger charge is 2.32. The average Bonchev–Trinajstić information content (AvgIpc) is 3.04. The number of thioether (sulfide) groups is 1. The molecule has 154 valence electrons. The number of carbonyl (C=O) groups excluding carboxylic acids is 1. The molecule has 0 bridgehead atoms. The molecule has 3 rings (SSSR count). The number of anilines is 1. The summed E-state index contributed by atoms with van der Waals surface area (Å²) in [7, 11) is 0. The standard InChI is InChI=1S/C19H18ClF3N4OS/c1-10(2)13-6-4-5-7-15(13)24-17(28)11(3)29-18-26-25-16-14(20)8-12(9-27(16)18)19(21,22)23/h4-11H,1-3H3,(H,24,28). The van der Waals surface area contributed by atoms with E-state index in [9.17, 15) is 18.0 Å². The van der Waals surface area contributed by atoms with Crippen molar-refractivity contribution in [3.63, 3.8) is 0 Å². The van der Waals surface area contributed by atoms with Gasteiger partial charge < -0.3 is 5.32 Å². The van der Waals surface area contributed by atoms with Gasteiger partial charge in [-0.25, -0.2) is 0 Å². The highest BCUT2D eigenvalue weighted by Crippen LogP contribution is 2.34. The predicted octanol–water partition coefficient (Wildman–Crippen LogP) is 5.64. The van der Waals surface area contributed by atoms with Crippen molar-refractivity contribution in [1.29, 1.82) is 0 Å². The van der Waals surface area contributed by atoms with Crippen molar-refractivity contribution < 1.29 is 18.0 Å². The minimum atomic E-state index is -4.56. The maximum Gasteiger partial charge on any atom is 0.417 e. The maximum atomic E-state index is 13.1. The summed E-state index contributed by atoms with van der Waals surface area (Å²) in [5.74, 6) is -0.0734. The van der Waals surface area contributed by atoms with Crippen LogP contribution in [0.4, 0.5) is 18.9 Å². The Hall–Kier alpha value is -2.26. The molecule has 3 aromatic rings. The third-order valence-corrected chi connectivity index (χ3v) is 5.58. The van der Waals surface area contributed by atoms with Crippen molar-refractivity contribution in [3.8, 4) is 0 Å². The predicted molar refractivity (Wildman–Crippen MR) is 107 cm³/mol. The van der Waals surface area contributed by atoms with Gasteiger partial charge in [-0.3, -0.25) is 9.20 Å². The lowest BCUT2D eigenvalue weighted by Crippen LogP contribution is -2.23. The normalized spacial score (nSPS) is 13.1. The van der Waals surface area contributed by atoms with Crippen LogP contribution in [-0.4, -0.2) is 25.8 Å². The van der Waals surface area contributed by atoms with Crippen LogP contribution in [0.3, 0.4) is 0 Å². The first-order valence-electron chi connectivity index (χ1n) is 8.76. The molecule has 1 aromatic carbocycles. The van der Waals surface area contributed by atoms with Gasteiger partial charge in [-0.2, -0.15) is 13.2 Å². The van der Waals surface area contributed by atoms with Crippen LogP contribution in [0.2, 0.25) is 5.02 Å². The van der Waals surface area contributed by atoms with Crippen LogP contribution in [0.5, 0.6) is 0 Å². The van der Waals surface area contributed by atoms with Gasteiger partial charge in [0.15, 0.2) is 10.8 Å². The average molecular weight is 443 g/mol. The molecule has 1 atom stereocenters. The second-order valence-electron chi connectivity index (χ2n) is 6.74. The largest absolute Gasteiger partial charge is 0.417 e. The van der Waals surface area contributed by atoms with Gasteiger partial charge >= 0.3 is 6.18 Å². The lowest BCUT2D eigenvalue weighted by atomic mass is 10.0. The van der Waals surface area contributed by atoms with E-state index in [1.807, 2.05) is 38.1 Å². The number of nitrogens with one attached hydrogen (secondary N) is 1. The van der Waals surface area contributed by atoms with Gasteiger partial charge in [-0.15, -0.1) is 10.2 Å². The number of alkyl halides is 3. The second-order valence-corrected chi connectivity index (χ2v) is 8.46. The molecule has 5 nitrogen and oxygen atoms in total. The second kappa shape index (κ2) is 8.23. The first-order valence-corrected chi connectivity index (χ1v) is 10.0. The van der Waals surface area contributed by atoms with E-state index < -0.39 is 17.0 Å². The summed E-state index contributed by atoms with van der Waals surface area (Å²) in [6.07, 6.45) is -3.68. The Bertz CT molecular complexity index is 1050. The Morgan fingerprint density at radius 1 is 1.21 bits per heavy atom. The van der Waals surface area contributed by atoms with E-state index in [-0.39, 0.29) is 27.7 Å². The summed E-state index contributed by atoms with van der Waals surface area (Å²) in [6.45, 7) is 5.69. The van der Waals surface area contributed by atoms with Gasteiger partial charge in [0.2, 0.25) is 5.91 Å². The van der Waals surface area contributed by atoms with Crippen LogP contribution >= 0.6 is 23.4 Å². The summed E-state index contributed by atoms with van der Waals surface area (Å²) in [5.41, 5.74) is 0.876. The minimum absolute atomic E-state index is 0.0972. The molecule has 0 aliphatic carbocycles. The van der Waals surface area contributed by atoms with E-state index in [1.54, 1.807) is 6.92 Å². The SMILES string of the molecule is CC(Sc1nnc2c(Cl)cc(C(F)(F)F)cn12)C(=O)Nc1ccccc1C(C)C. The topological polar surface area (TPSA) is 59.3 Å². The fourth-order valence-electron chi connectivity index (χ4n) is 2.73. The molecule has 2 heterocycles. The minimum Gasteiger partial charge on any atom is -0.325 e. The highest BCUT2D eigenvalue weighted by atomic mass is 35.5. The van der Waals surface area contributed by atoms with Crippen LogP contribution in [-0.2, 0) is 11.0 Å². The summed E-state index contributed by atoms with van der Waals surface area (Å²) in [6, 6.07) is 8.27. The summed E-state index contributed by atoms with van der Waals surface area (Å²) < 4.78 is 40.4. The molecule has 0 aliphatic rings. The molecule has 29 heavy (non-hydrogen) atoms. The Morgan fingerprint density at radius 2 is 1.90 bits per heavy atom. The van der Waals surface area contributed by atoms with Crippen LogP contribution in [0.1, 0.15) is 37.8 Å². The maximum absolute atomic E-state index is 13.1. The molecule has 1 amide bonds. The van der Waals surface area contributed by atoms with Crippen molar-refractivity contribution in [3.05, 3.63) is 52.7 Å². The number of amides is 1. The smallest absolute Gasteiger partial charge is 0.325 e. The Kier molecular flexibility index (Phi) is 6.09. The third kappa shape index (κ3) is 4.67. The number of benzene rings is 1. The Morgan fingerprint density at radius 3 is 2.55 bits per heavy atom. The first-order chi connectivity index (χ1) is 13.6. The lowest BCUT2D eigenvalue weighted by Gasteiger charge is -2.16. The number of hydrogen-bond donors (Lipinski definition) is 1. The number of carbonyl (C=O) groups is 1. The summed E-state index contributed by atoms with van der Waals surface area (Å²) >= 11 is 6.92. The van der Waals surface area contributed by atoms with E-state index in [0.717, 1.165) is 34.0 Å². The molecule has 1 unspecified atom stereocenters. The van der Waals surface area contributed by atoms with Gasteiger partial charge in [-0.05, 0) is 30.5 Å². The van der Waals surface area contributed by atoms with Crippen LogP contribution < -0.4 is 5.32 Å². The molecule has 0 aliphatic heterocycles. The zero-order valence-electron chi connectivity index (χ0n) is 15.8. The molecule has 2 aromatic heterocycles. The molecule has 0 spiro atoms. The number of para-hydroxylation sites is 1. The zero-order chi connectivity index (χ0) is 21.3. The zero-order valence-corrected chi connectivity index (χ0v) is 17.4. The number of rotatable bonds is 5. The van der Waals surface area contributed by atoms with Crippen LogP contribution in [0, 0.1) is 0 Å². The van der Waals surface area contributed by atoms with Crippen molar-refractivity contribution in [2.24, 2.45) is 0 Å². The number of halogens is 4. The van der Waals surface area contributed by atoms with Crippen molar-refractivity contribution in [2.75, 3.05) is 5.32 Å². The van der Waals surface area contributed by atoms with E-state index in [2.05, 4.69) is 15.5 Å². The Labute approximate surface area is 174 Å². The quantitative estimate of drug-likeness (QED) is 0.519. The fraction of sp³-hybridized carbons (Fsp3) is 0.316. The number of hydrogen-bond acceptors (Lipinski definition) is 4. The molecule has 0 saturated heterocycles. The van der Waals surface area contributed by atoms with Gasteiger partial charge in [0.25, 0.3) is 0 Å². The van der Waals surface area contributed by atoms with Crippen molar-refractivity contribution >= 4 is 40.6 Å². The molecule has 0 fully saturated rings. The molecule has 0 radical (unpaired) electrons. The Balaban J connectivity index is 1.84. The summed E-state index contributed by atoms with van der Waals surface area (Å²) in [4.78, 5) is 12.6. The first kappa shape index (κ1) is 21.4. The molecular formula is C19H18ClF3N4OS. The lowest BCUT2D eigenvalue weighted by molar-refractivity contribution is -0.137. The van der Waals surface area contributed by atoms with Gasteiger partial charge in [0.1, 0.15) is 0 Å². The van der Waals surface area contributed by atoms with Gasteiger partial charge in [0, 0.05) is 11.9 Å². The molecule has 10 heteroatoms. The number of nitrogens with zero attached hydrogens (tertiary/aromatic N) is 3. The van der Waals surface area contributed by atoms with Crippen LogP contribution in [0.15, 0.2) is 41.7 Å². The third-order valence-electron chi connectivity index (χ3n) is 4.25. The number of aromatic nitrogens is 3. The van der Waals surface area contributed by atoms with Crippen molar-refractivity contribution in [2.45, 2.75) is 43.3 Å². The fourth-order valence-corrected chi connectivity index (χ4v) is 3.80. The molecular weight excluding hydrogens is 425 g/mol.